The van der Waals surface area contributed by atoms with Crippen LogP contribution in [0, 0.1) is 6.92 Å². The molecule has 138 valence electrons. The van der Waals surface area contributed by atoms with Gasteiger partial charge in [0.05, 0.1) is 17.1 Å². The predicted octanol–water partition coefficient (Wildman–Crippen LogP) is 3.20. The third kappa shape index (κ3) is 4.22. The van der Waals surface area contributed by atoms with Crippen LogP contribution in [0.4, 0.5) is 0 Å². The highest BCUT2D eigenvalue weighted by atomic mass is 79.9. The summed E-state index contributed by atoms with van der Waals surface area (Å²) < 4.78 is 7.35. The summed E-state index contributed by atoms with van der Waals surface area (Å²) in [5, 5.41) is 13.6. The quantitative estimate of drug-likeness (QED) is 0.628. The number of benzene rings is 2. The third-order valence-electron chi connectivity index (χ3n) is 3.81. The third-order valence-corrected chi connectivity index (χ3v) is 4.30. The zero-order chi connectivity index (χ0) is 19.6. The Morgan fingerprint density at radius 3 is 2.85 bits per heavy atom. The zero-order valence-corrected chi connectivity index (χ0v) is 16.2. The molecule has 2 aromatic carbocycles. The topological polar surface area (TPSA) is 93.8 Å². The SMILES string of the molecule is Cc1nc2ccc(Br)cc2c(=O)n1N=Cc1cccc(O[C@H](C)C(=O)O)c1. The molecule has 0 radical (unpaired) electrons. The van der Waals surface area contributed by atoms with Crippen LogP contribution in [0.2, 0.25) is 0 Å². The van der Waals surface area contributed by atoms with Gasteiger partial charge in [-0.25, -0.2) is 9.78 Å². The van der Waals surface area contributed by atoms with Crippen molar-refractivity contribution in [2.24, 2.45) is 5.10 Å². The minimum atomic E-state index is -1.05. The van der Waals surface area contributed by atoms with Gasteiger partial charge >= 0.3 is 5.97 Å². The number of hydrogen-bond acceptors (Lipinski definition) is 5. The molecule has 0 fully saturated rings. The number of fused-ring (bicyclic) bond motifs is 1. The van der Waals surface area contributed by atoms with E-state index in [1.165, 1.54) is 17.8 Å². The van der Waals surface area contributed by atoms with E-state index in [2.05, 4.69) is 26.0 Å². The monoisotopic (exact) mass is 429 g/mol. The maximum Gasteiger partial charge on any atom is 0.344 e. The molecule has 0 saturated heterocycles. The molecule has 0 saturated carbocycles. The van der Waals surface area contributed by atoms with Crippen LogP contribution >= 0.6 is 15.9 Å². The molecular weight excluding hydrogens is 414 g/mol. The molecule has 3 rings (SSSR count). The predicted molar refractivity (Wildman–Crippen MR) is 106 cm³/mol. The Kier molecular flexibility index (Phi) is 5.36. The number of aromatic nitrogens is 2. The average molecular weight is 430 g/mol. The molecule has 0 aliphatic rings. The van der Waals surface area contributed by atoms with E-state index in [-0.39, 0.29) is 5.56 Å². The van der Waals surface area contributed by atoms with Gasteiger partial charge in [-0.15, -0.1) is 0 Å². The van der Waals surface area contributed by atoms with Crippen molar-refractivity contribution in [3.8, 4) is 5.75 Å². The molecular formula is C19H16BrN3O4. The van der Waals surface area contributed by atoms with Crippen molar-refractivity contribution in [1.82, 2.24) is 9.66 Å². The molecule has 3 aromatic rings. The second-order valence-electron chi connectivity index (χ2n) is 5.85. The van der Waals surface area contributed by atoms with Gasteiger partial charge < -0.3 is 9.84 Å². The van der Waals surface area contributed by atoms with E-state index >= 15 is 0 Å². The van der Waals surface area contributed by atoms with Gasteiger partial charge in [-0.3, -0.25) is 4.79 Å². The Labute approximate surface area is 163 Å². The highest BCUT2D eigenvalue weighted by molar-refractivity contribution is 9.10. The molecule has 0 aliphatic carbocycles. The van der Waals surface area contributed by atoms with Crippen LogP contribution in [0.15, 0.2) is 56.8 Å². The van der Waals surface area contributed by atoms with E-state index in [4.69, 9.17) is 9.84 Å². The lowest BCUT2D eigenvalue weighted by atomic mass is 10.2. The maximum absolute atomic E-state index is 12.7. The van der Waals surface area contributed by atoms with Crippen molar-refractivity contribution in [2.75, 3.05) is 0 Å². The van der Waals surface area contributed by atoms with Crippen molar-refractivity contribution in [2.45, 2.75) is 20.0 Å². The van der Waals surface area contributed by atoms with Crippen LogP contribution < -0.4 is 10.3 Å². The highest BCUT2D eigenvalue weighted by Gasteiger charge is 2.12. The molecule has 1 atom stereocenters. The molecule has 0 bridgehead atoms. The first-order valence-electron chi connectivity index (χ1n) is 8.08. The minimum absolute atomic E-state index is 0.276. The van der Waals surface area contributed by atoms with Crippen LogP contribution in [0.3, 0.4) is 0 Å². The summed E-state index contributed by atoms with van der Waals surface area (Å²) in [5.74, 6) is -0.193. The molecule has 1 N–H and O–H groups in total. The van der Waals surface area contributed by atoms with Crippen LogP contribution in [-0.2, 0) is 4.79 Å². The number of aliphatic carboxylic acids is 1. The van der Waals surface area contributed by atoms with Gasteiger partial charge in [-0.05, 0) is 49.7 Å². The summed E-state index contributed by atoms with van der Waals surface area (Å²) in [6.07, 6.45) is 0.531. The molecule has 7 nitrogen and oxygen atoms in total. The number of aryl methyl sites for hydroxylation is 1. The van der Waals surface area contributed by atoms with E-state index < -0.39 is 12.1 Å². The second-order valence-corrected chi connectivity index (χ2v) is 6.77. The number of halogens is 1. The Morgan fingerprint density at radius 2 is 2.11 bits per heavy atom. The molecule has 0 spiro atoms. The Balaban J connectivity index is 1.94. The average Bonchev–Trinajstić information content (AvgIpc) is 2.62. The standard InChI is InChI=1S/C19H16BrN3O4/c1-11(19(25)26)27-15-5-3-4-13(8-15)10-21-23-12(2)22-17-7-6-14(20)9-16(17)18(23)24/h3-11H,1-2H3,(H,25,26)/t11-/m1/s1. The second kappa shape index (κ2) is 7.71. The Bertz CT molecular complexity index is 1110. The van der Waals surface area contributed by atoms with E-state index in [1.807, 2.05) is 6.07 Å². The smallest absolute Gasteiger partial charge is 0.344 e. The van der Waals surface area contributed by atoms with Crippen LogP contribution in [0.25, 0.3) is 10.9 Å². The lowest BCUT2D eigenvalue weighted by Crippen LogP contribution is -2.22. The van der Waals surface area contributed by atoms with E-state index in [0.717, 1.165) is 4.47 Å². The summed E-state index contributed by atoms with van der Waals surface area (Å²) >= 11 is 3.35. The zero-order valence-electron chi connectivity index (χ0n) is 14.6. The summed E-state index contributed by atoms with van der Waals surface area (Å²) in [6, 6.07) is 12.1. The first kappa shape index (κ1) is 18.8. The van der Waals surface area contributed by atoms with Gasteiger partial charge in [0.25, 0.3) is 5.56 Å². The van der Waals surface area contributed by atoms with Crippen LogP contribution in [-0.4, -0.2) is 33.1 Å². The molecule has 0 amide bonds. The lowest BCUT2D eigenvalue weighted by molar-refractivity contribution is -0.144. The molecule has 0 aliphatic heterocycles. The number of nitrogens with zero attached hydrogens (tertiary/aromatic N) is 3. The van der Waals surface area contributed by atoms with E-state index in [0.29, 0.717) is 28.0 Å². The van der Waals surface area contributed by atoms with Gasteiger partial charge in [-0.1, -0.05) is 28.1 Å². The molecule has 1 heterocycles. The van der Waals surface area contributed by atoms with Crippen molar-refractivity contribution >= 4 is 39.0 Å². The minimum Gasteiger partial charge on any atom is -0.479 e. The fraction of sp³-hybridized carbons (Fsp3) is 0.158. The van der Waals surface area contributed by atoms with Gasteiger partial charge in [-0.2, -0.15) is 9.78 Å². The summed E-state index contributed by atoms with van der Waals surface area (Å²) in [5.41, 5.74) is 0.984. The van der Waals surface area contributed by atoms with Crippen LogP contribution in [0.5, 0.6) is 5.75 Å². The fourth-order valence-electron chi connectivity index (χ4n) is 2.44. The normalized spacial score (nSPS) is 12.4. The molecule has 27 heavy (non-hydrogen) atoms. The van der Waals surface area contributed by atoms with Crippen LogP contribution in [0.1, 0.15) is 18.3 Å². The number of ether oxygens (including phenoxy) is 1. The molecule has 8 heteroatoms. The van der Waals surface area contributed by atoms with Crippen molar-refractivity contribution in [3.05, 3.63) is 68.7 Å². The van der Waals surface area contributed by atoms with Crippen molar-refractivity contribution < 1.29 is 14.6 Å². The highest BCUT2D eigenvalue weighted by Crippen LogP contribution is 2.16. The molecule has 1 aromatic heterocycles. The van der Waals surface area contributed by atoms with E-state index in [9.17, 15) is 9.59 Å². The number of rotatable bonds is 5. The first-order chi connectivity index (χ1) is 12.8. The summed E-state index contributed by atoms with van der Waals surface area (Å²) in [4.78, 5) is 28.0. The number of carboxylic acids is 1. The van der Waals surface area contributed by atoms with Gasteiger partial charge in [0, 0.05) is 4.47 Å². The fourth-order valence-corrected chi connectivity index (χ4v) is 2.80. The summed E-state index contributed by atoms with van der Waals surface area (Å²) in [6.45, 7) is 3.15. The molecule has 0 unspecified atom stereocenters. The maximum atomic E-state index is 12.7. The Morgan fingerprint density at radius 1 is 1.33 bits per heavy atom. The lowest BCUT2D eigenvalue weighted by Gasteiger charge is -2.10. The van der Waals surface area contributed by atoms with Gasteiger partial charge in [0.2, 0.25) is 0 Å². The number of carbonyl (C=O) groups is 1. The van der Waals surface area contributed by atoms with Gasteiger partial charge in [0.1, 0.15) is 11.6 Å². The number of carboxylic acid groups (broad SMARTS) is 1. The van der Waals surface area contributed by atoms with Crippen molar-refractivity contribution in [3.63, 3.8) is 0 Å². The van der Waals surface area contributed by atoms with E-state index in [1.54, 1.807) is 43.3 Å². The Hall–Kier alpha value is -3.00. The van der Waals surface area contributed by atoms with Gasteiger partial charge in [0.15, 0.2) is 6.10 Å². The largest absolute Gasteiger partial charge is 0.479 e. The summed E-state index contributed by atoms with van der Waals surface area (Å²) in [7, 11) is 0. The first-order valence-corrected chi connectivity index (χ1v) is 8.87. The van der Waals surface area contributed by atoms with Crippen molar-refractivity contribution in [1.29, 1.82) is 0 Å². The number of hydrogen-bond donors (Lipinski definition) is 1.